The molecule has 0 aliphatic heterocycles. The number of Topliss-reactive ketones (excluding diaryl/α,β-unsaturated/α-hetero) is 1. The molecule has 0 N–H and O–H groups in total. The Balaban J connectivity index is 2.69. The molecule has 0 fully saturated rings. The number of hydrogen-bond acceptors (Lipinski definition) is 1. The van der Waals surface area contributed by atoms with Crippen LogP contribution in [0.15, 0.2) is 11.6 Å². The molecular weight excluding hydrogens is 148 g/mol. The molecule has 0 saturated carbocycles. The van der Waals surface area contributed by atoms with E-state index in [9.17, 15) is 4.79 Å². The lowest BCUT2D eigenvalue weighted by Gasteiger charge is -2.08. The van der Waals surface area contributed by atoms with E-state index in [-0.39, 0.29) is 5.78 Å². The monoisotopic (exact) mass is 162 g/mol. The second-order valence-electron chi connectivity index (χ2n) is 3.61. The van der Waals surface area contributed by atoms with Crippen molar-refractivity contribution in [1.82, 2.24) is 0 Å². The molecule has 0 bridgehead atoms. The van der Waals surface area contributed by atoms with Crippen molar-refractivity contribution < 1.29 is 4.79 Å². The summed E-state index contributed by atoms with van der Waals surface area (Å²) >= 11 is 0. The van der Waals surface area contributed by atoms with Crippen molar-refractivity contribution in [3.05, 3.63) is 11.6 Å². The minimum atomic E-state index is 0.242. The first-order valence-corrected chi connectivity index (χ1v) is 4.32. The number of rotatable bonds is 2. The summed E-state index contributed by atoms with van der Waals surface area (Å²) in [6, 6.07) is 0. The highest BCUT2D eigenvalue weighted by Crippen LogP contribution is 2.28. The summed E-state index contributed by atoms with van der Waals surface area (Å²) in [5.74, 6) is 3.72. The highest BCUT2D eigenvalue weighted by atomic mass is 16.1. The van der Waals surface area contributed by atoms with Crippen LogP contribution in [-0.2, 0) is 4.79 Å². The van der Waals surface area contributed by atoms with Crippen LogP contribution >= 0.6 is 0 Å². The maximum absolute atomic E-state index is 11.3. The summed E-state index contributed by atoms with van der Waals surface area (Å²) < 4.78 is 0. The lowest BCUT2D eigenvalue weighted by Crippen LogP contribution is -2.04. The van der Waals surface area contributed by atoms with Crippen LogP contribution in [0.4, 0.5) is 0 Å². The van der Waals surface area contributed by atoms with Crippen molar-refractivity contribution in [3.63, 3.8) is 0 Å². The molecule has 1 atom stereocenters. The van der Waals surface area contributed by atoms with Crippen molar-refractivity contribution >= 4 is 5.78 Å². The van der Waals surface area contributed by atoms with Crippen molar-refractivity contribution in [2.75, 3.05) is 0 Å². The molecule has 1 aliphatic carbocycles. The zero-order valence-corrected chi connectivity index (χ0v) is 7.63. The predicted molar refractivity (Wildman–Crippen MR) is 49.5 cm³/mol. The van der Waals surface area contributed by atoms with Crippen LogP contribution in [0.5, 0.6) is 0 Å². The third kappa shape index (κ3) is 1.76. The molecule has 12 heavy (non-hydrogen) atoms. The molecule has 1 rings (SSSR count). The first kappa shape index (κ1) is 9.06. The molecule has 1 nitrogen and oxygen atoms in total. The van der Waals surface area contributed by atoms with Crippen molar-refractivity contribution in [2.24, 2.45) is 11.8 Å². The van der Waals surface area contributed by atoms with E-state index in [1.807, 2.05) is 6.08 Å². The number of carbonyl (C=O) groups excluding carboxylic acids is 1. The summed E-state index contributed by atoms with van der Waals surface area (Å²) in [6.45, 7) is 4.26. The van der Waals surface area contributed by atoms with Gasteiger partial charge >= 0.3 is 0 Å². The Bertz CT molecular complexity index is 253. The van der Waals surface area contributed by atoms with E-state index in [1.165, 1.54) is 0 Å². The predicted octanol–water partition coefficient (Wildman–Crippen LogP) is 2.18. The van der Waals surface area contributed by atoms with E-state index in [0.29, 0.717) is 24.7 Å². The van der Waals surface area contributed by atoms with Crippen molar-refractivity contribution in [1.29, 1.82) is 0 Å². The van der Waals surface area contributed by atoms with E-state index < -0.39 is 0 Å². The Morgan fingerprint density at radius 1 is 1.75 bits per heavy atom. The zero-order chi connectivity index (χ0) is 9.14. The highest BCUT2D eigenvalue weighted by Gasteiger charge is 2.24. The van der Waals surface area contributed by atoms with Gasteiger partial charge in [0.1, 0.15) is 0 Å². The van der Waals surface area contributed by atoms with Gasteiger partial charge in [0.15, 0.2) is 5.78 Å². The zero-order valence-electron chi connectivity index (χ0n) is 7.63. The van der Waals surface area contributed by atoms with Gasteiger partial charge in [-0.3, -0.25) is 4.79 Å². The average molecular weight is 162 g/mol. The second kappa shape index (κ2) is 3.58. The third-order valence-corrected chi connectivity index (χ3v) is 2.34. The Morgan fingerprint density at radius 3 is 2.83 bits per heavy atom. The summed E-state index contributed by atoms with van der Waals surface area (Å²) in [5, 5.41) is 0. The van der Waals surface area contributed by atoms with Gasteiger partial charge in [0.05, 0.1) is 0 Å². The average Bonchev–Trinajstić information content (AvgIpc) is 2.34. The summed E-state index contributed by atoms with van der Waals surface area (Å²) in [7, 11) is 0. The van der Waals surface area contributed by atoms with E-state index >= 15 is 0 Å². The summed E-state index contributed by atoms with van der Waals surface area (Å²) in [5.41, 5.74) is 0.844. The smallest absolute Gasteiger partial charge is 0.160 e. The first-order valence-electron chi connectivity index (χ1n) is 4.32. The van der Waals surface area contributed by atoms with Gasteiger partial charge in [-0.15, -0.1) is 12.3 Å². The molecule has 0 heterocycles. The second-order valence-corrected chi connectivity index (χ2v) is 3.61. The fourth-order valence-electron chi connectivity index (χ4n) is 1.45. The van der Waals surface area contributed by atoms with Crippen molar-refractivity contribution in [3.8, 4) is 12.3 Å². The normalized spacial score (nSPS) is 22.7. The molecule has 1 aliphatic rings. The Morgan fingerprint density at radius 2 is 2.42 bits per heavy atom. The number of ketones is 1. The van der Waals surface area contributed by atoms with Gasteiger partial charge in [-0.05, 0) is 11.8 Å². The molecular formula is C11H14O. The number of terminal acetylenes is 1. The lowest BCUT2D eigenvalue weighted by atomic mass is 9.96. The molecule has 0 saturated heterocycles. The molecule has 1 heteroatoms. The highest BCUT2D eigenvalue weighted by molar-refractivity contribution is 5.98. The van der Waals surface area contributed by atoms with Crippen LogP contribution in [0.1, 0.15) is 26.7 Å². The van der Waals surface area contributed by atoms with Crippen LogP contribution in [0.2, 0.25) is 0 Å². The maximum atomic E-state index is 11.3. The topological polar surface area (TPSA) is 17.1 Å². The quantitative estimate of drug-likeness (QED) is 0.569. The lowest BCUT2D eigenvalue weighted by molar-refractivity contribution is -0.115. The molecule has 0 amide bonds. The van der Waals surface area contributed by atoms with Gasteiger partial charge in [0.25, 0.3) is 0 Å². The van der Waals surface area contributed by atoms with Crippen LogP contribution < -0.4 is 0 Å². The van der Waals surface area contributed by atoms with Crippen LogP contribution in [0.25, 0.3) is 0 Å². The number of carbonyl (C=O) groups is 1. The molecule has 64 valence electrons. The Labute approximate surface area is 73.9 Å². The standard InChI is InChI=1S/C11H14O/c1-4-5-9-6-10(8(2)3)7-11(9)12/h1,6,8,10H,5,7H2,2-3H3. The molecule has 0 aromatic heterocycles. The SMILES string of the molecule is C#CCC1=CC(C(C)C)CC1=O. The fourth-order valence-corrected chi connectivity index (χ4v) is 1.45. The third-order valence-electron chi connectivity index (χ3n) is 2.34. The number of allylic oxidation sites excluding steroid dienone is 2. The minimum Gasteiger partial charge on any atom is -0.295 e. The molecule has 0 spiro atoms. The first-order chi connectivity index (χ1) is 5.65. The van der Waals surface area contributed by atoms with Gasteiger partial charge < -0.3 is 0 Å². The van der Waals surface area contributed by atoms with Crippen LogP contribution in [-0.4, -0.2) is 5.78 Å². The van der Waals surface area contributed by atoms with Crippen molar-refractivity contribution in [2.45, 2.75) is 26.7 Å². The minimum absolute atomic E-state index is 0.242. The summed E-state index contributed by atoms with van der Waals surface area (Å²) in [6.07, 6.45) is 8.36. The van der Waals surface area contributed by atoms with Gasteiger partial charge in [0.2, 0.25) is 0 Å². The van der Waals surface area contributed by atoms with E-state index in [0.717, 1.165) is 5.57 Å². The largest absolute Gasteiger partial charge is 0.295 e. The molecule has 1 unspecified atom stereocenters. The van der Waals surface area contributed by atoms with Gasteiger partial charge in [-0.2, -0.15) is 0 Å². The molecule has 0 aromatic carbocycles. The molecule has 0 radical (unpaired) electrons. The maximum Gasteiger partial charge on any atom is 0.160 e. The van der Waals surface area contributed by atoms with Gasteiger partial charge in [-0.1, -0.05) is 19.9 Å². The Kier molecular flexibility index (Phi) is 2.70. The Hall–Kier alpha value is -1.03. The van der Waals surface area contributed by atoms with E-state index in [2.05, 4.69) is 19.8 Å². The van der Waals surface area contributed by atoms with Gasteiger partial charge in [-0.25, -0.2) is 0 Å². The van der Waals surface area contributed by atoms with E-state index in [4.69, 9.17) is 6.42 Å². The fraction of sp³-hybridized carbons (Fsp3) is 0.545. The number of hydrogen-bond donors (Lipinski definition) is 0. The van der Waals surface area contributed by atoms with Gasteiger partial charge in [0, 0.05) is 18.4 Å². The van der Waals surface area contributed by atoms with Crippen LogP contribution in [0, 0.1) is 24.2 Å². The van der Waals surface area contributed by atoms with Crippen LogP contribution in [0.3, 0.4) is 0 Å². The summed E-state index contributed by atoms with van der Waals surface area (Å²) in [4.78, 5) is 11.3. The van der Waals surface area contributed by atoms with E-state index in [1.54, 1.807) is 0 Å². The molecule has 0 aromatic rings.